The van der Waals surface area contributed by atoms with Crippen LogP contribution in [0.4, 0.5) is 0 Å². The van der Waals surface area contributed by atoms with Crippen molar-refractivity contribution in [2.24, 2.45) is 5.41 Å². The summed E-state index contributed by atoms with van der Waals surface area (Å²) >= 11 is 0. The highest BCUT2D eigenvalue weighted by Gasteiger charge is 2.22. The van der Waals surface area contributed by atoms with Gasteiger partial charge in [-0.2, -0.15) is 0 Å². The SMILES string of the molecule is CC(C)(C)Cc1nc2cccnc2n1CC1CCCN1. The van der Waals surface area contributed by atoms with E-state index in [1.165, 1.54) is 18.7 Å². The smallest absolute Gasteiger partial charge is 0.160 e. The molecule has 4 nitrogen and oxygen atoms in total. The fraction of sp³-hybridized carbons (Fsp3) is 0.625. The number of fused-ring (bicyclic) bond motifs is 1. The van der Waals surface area contributed by atoms with Gasteiger partial charge in [0.1, 0.15) is 11.3 Å². The molecule has 0 radical (unpaired) electrons. The molecule has 1 fully saturated rings. The topological polar surface area (TPSA) is 42.7 Å². The first kappa shape index (κ1) is 13.6. The number of aromatic nitrogens is 3. The molecule has 0 bridgehead atoms. The van der Waals surface area contributed by atoms with Gasteiger partial charge in [-0.25, -0.2) is 9.97 Å². The number of pyridine rings is 1. The molecule has 1 unspecified atom stereocenters. The van der Waals surface area contributed by atoms with Crippen LogP contribution in [0.5, 0.6) is 0 Å². The molecule has 0 amide bonds. The van der Waals surface area contributed by atoms with Crippen molar-refractivity contribution in [2.45, 2.75) is 52.6 Å². The molecule has 3 heterocycles. The van der Waals surface area contributed by atoms with Gasteiger partial charge in [0, 0.05) is 25.2 Å². The van der Waals surface area contributed by atoms with Crippen molar-refractivity contribution in [1.29, 1.82) is 0 Å². The van der Waals surface area contributed by atoms with Crippen molar-refractivity contribution in [1.82, 2.24) is 19.9 Å². The van der Waals surface area contributed by atoms with E-state index in [1.807, 2.05) is 12.3 Å². The van der Waals surface area contributed by atoms with Gasteiger partial charge in [0.2, 0.25) is 0 Å². The number of rotatable bonds is 3. The van der Waals surface area contributed by atoms with E-state index in [9.17, 15) is 0 Å². The minimum atomic E-state index is 0.238. The van der Waals surface area contributed by atoms with Gasteiger partial charge in [-0.15, -0.1) is 0 Å². The zero-order chi connectivity index (χ0) is 14.2. The largest absolute Gasteiger partial charge is 0.312 e. The molecule has 0 spiro atoms. The van der Waals surface area contributed by atoms with Gasteiger partial charge in [0.05, 0.1) is 0 Å². The summed E-state index contributed by atoms with van der Waals surface area (Å²) in [5.74, 6) is 1.17. The summed E-state index contributed by atoms with van der Waals surface area (Å²) in [6.07, 6.45) is 5.38. The van der Waals surface area contributed by atoms with Gasteiger partial charge >= 0.3 is 0 Å². The lowest BCUT2D eigenvalue weighted by atomic mass is 9.92. The summed E-state index contributed by atoms with van der Waals surface area (Å²) in [5, 5.41) is 3.57. The quantitative estimate of drug-likeness (QED) is 0.934. The Labute approximate surface area is 120 Å². The summed E-state index contributed by atoms with van der Waals surface area (Å²) in [6, 6.07) is 4.59. The Bertz CT molecular complexity index is 588. The second-order valence-corrected chi connectivity index (χ2v) is 7.02. The molecular weight excluding hydrogens is 248 g/mol. The van der Waals surface area contributed by atoms with Crippen LogP contribution in [-0.2, 0) is 13.0 Å². The van der Waals surface area contributed by atoms with E-state index in [2.05, 4.69) is 41.7 Å². The molecule has 2 aromatic heterocycles. The average Bonchev–Trinajstić information content (AvgIpc) is 2.97. The van der Waals surface area contributed by atoms with E-state index < -0.39 is 0 Å². The Hall–Kier alpha value is -1.42. The lowest BCUT2D eigenvalue weighted by molar-refractivity contribution is 0.386. The van der Waals surface area contributed by atoms with Crippen molar-refractivity contribution in [3.63, 3.8) is 0 Å². The second-order valence-electron chi connectivity index (χ2n) is 7.02. The van der Waals surface area contributed by atoms with Crippen LogP contribution in [-0.4, -0.2) is 27.1 Å². The Morgan fingerprint density at radius 3 is 2.95 bits per heavy atom. The van der Waals surface area contributed by atoms with Crippen molar-refractivity contribution in [3.05, 3.63) is 24.2 Å². The fourth-order valence-electron chi connectivity index (χ4n) is 2.94. The lowest BCUT2D eigenvalue weighted by Crippen LogP contribution is -2.28. The third-order valence-electron chi connectivity index (χ3n) is 3.84. The standard InChI is InChI=1S/C16H24N4/c1-16(2,3)10-14-19-13-7-5-9-18-15(13)20(14)11-12-6-4-8-17-12/h5,7,9,12,17H,4,6,8,10-11H2,1-3H3. The lowest BCUT2D eigenvalue weighted by Gasteiger charge is -2.20. The first-order chi connectivity index (χ1) is 9.53. The molecular formula is C16H24N4. The maximum atomic E-state index is 4.81. The van der Waals surface area contributed by atoms with Crippen molar-refractivity contribution < 1.29 is 0 Å². The van der Waals surface area contributed by atoms with Crippen molar-refractivity contribution in [3.8, 4) is 0 Å². The van der Waals surface area contributed by atoms with Gasteiger partial charge in [0.25, 0.3) is 0 Å². The first-order valence-corrected chi connectivity index (χ1v) is 7.56. The second kappa shape index (κ2) is 5.17. The fourth-order valence-corrected chi connectivity index (χ4v) is 2.94. The number of hydrogen-bond acceptors (Lipinski definition) is 3. The molecule has 20 heavy (non-hydrogen) atoms. The molecule has 0 aromatic carbocycles. The minimum absolute atomic E-state index is 0.238. The minimum Gasteiger partial charge on any atom is -0.312 e. The van der Waals surface area contributed by atoms with Crippen LogP contribution in [0.15, 0.2) is 18.3 Å². The highest BCUT2D eigenvalue weighted by molar-refractivity contribution is 5.71. The Balaban J connectivity index is 1.98. The molecule has 108 valence electrons. The molecule has 1 aliphatic rings. The van der Waals surface area contributed by atoms with E-state index in [4.69, 9.17) is 4.98 Å². The zero-order valence-corrected chi connectivity index (χ0v) is 12.7. The molecule has 1 saturated heterocycles. The molecule has 0 aliphatic carbocycles. The van der Waals surface area contributed by atoms with Crippen molar-refractivity contribution in [2.75, 3.05) is 6.54 Å². The molecule has 4 heteroatoms. The number of nitrogens with one attached hydrogen (secondary N) is 1. The van der Waals surface area contributed by atoms with Crippen LogP contribution >= 0.6 is 0 Å². The monoisotopic (exact) mass is 272 g/mol. The highest BCUT2D eigenvalue weighted by atomic mass is 15.2. The average molecular weight is 272 g/mol. The van der Waals surface area contributed by atoms with E-state index in [1.54, 1.807) is 0 Å². The summed E-state index contributed by atoms with van der Waals surface area (Å²) in [6.45, 7) is 8.91. The van der Waals surface area contributed by atoms with Crippen LogP contribution in [0.25, 0.3) is 11.2 Å². The summed E-state index contributed by atoms with van der Waals surface area (Å²) in [5.41, 5.74) is 2.28. The maximum absolute atomic E-state index is 4.81. The number of imidazole rings is 1. The van der Waals surface area contributed by atoms with E-state index in [-0.39, 0.29) is 5.41 Å². The molecule has 1 aliphatic heterocycles. The highest BCUT2D eigenvalue weighted by Crippen LogP contribution is 2.24. The number of nitrogens with zero attached hydrogens (tertiary/aromatic N) is 3. The Kier molecular flexibility index (Phi) is 3.50. The van der Waals surface area contributed by atoms with Gasteiger partial charge in [-0.1, -0.05) is 20.8 Å². The molecule has 3 rings (SSSR count). The van der Waals surface area contributed by atoms with Crippen molar-refractivity contribution >= 4 is 11.2 Å². The molecule has 1 N–H and O–H groups in total. The van der Waals surface area contributed by atoms with E-state index >= 15 is 0 Å². The summed E-state index contributed by atoms with van der Waals surface area (Å²) < 4.78 is 2.32. The number of hydrogen-bond donors (Lipinski definition) is 1. The van der Waals surface area contributed by atoms with Gasteiger partial charge in [0.15, 0.2) is 5.65 Å². The van der Waals surface area contributed by atoms with Crippen LogP contribution in [0.1, 0.15) is 39.4 Å². The Morgan fingerprint density at radius 1 is 1.40 bits per heavy atom. The molecule has 0 saturated carbocycles. The third kappa shape index (κ3) is 2.85. The zero-order valence-electron chi connectivity index (χ0n) is 12.7. The molecule has 2 aromatic rings. The van der Waals surface area contributed by atoms with Crippen LogP contribution in [0.2, 0.25) is 0 Å². The maximum Gasteiger partial charge on any atom is 0.160 e. The molecule has 1 atom stereocenters. The predicted molar refractivity (Wildman–Crippen MR) is 81.7 cm³/mol. The first-order valence-electron chi connectivity index (χ1n) is 7.56. The van der Waals surface area contributed by atoms with Crippen LogP contribution < -0.4 is 5.32 Å². The summed E-state index contributed by atoms with van der Waals surface area (Å²) in [4.78, 5) is 9.36. The normalized spacial score (nSPS) is 19.9. The van der Waals surface area contributed by atoms with E-state index in [0.29, 0.717) is 6.04 Å². The van der Waals surface area contributed by atoms with Crippen LogP contribution in [0, 0.1) is 5.41 Å². The van der Waals surface area contributed by atoms with Crippen LogP contribution in [0.3, 0.4) is 0 Å². The van der Waals surface area contributed by atoms with Gasteiger partial charge in [-0.3, -0.25) is 0 Å². The Morgan fingerprint density at radius 2 is 2.25 bits per heavy atom. The summed E-state index contributed by atoms with van der Waals surface area (Å²) in [7, 11) is 0. The predicted octanol–water partition coefficient (Wildman–Crippen LogP) is 2.77. The van der Waals surface area contributed by atoms with Gasteiger partial charge < -0.3 is 9.88 Å². The van der Waals surface area contributed by atoms with E-state index in [0.717, 1.165) is 30.7 Å². The third-order valence-corrected chi connectivity index (χ3v) is 3.84. The van der Waals surface area contributed by atoms with Gasteiger partial charge in [-0.05, 0) is 36.9 Å².